The van der Waals surface area contributed by atoms with Gasteiger partial charge < -0.3 is 63.6 Å². The number of hydrogen-bond acceptors (Lipinski definition) is 12. The highest BCUT2D eigenvalue weighted by atomic mass is 16.5. The molecule has 2 atom stereocenters. The summed E-state index contributed by atoms with van der Waals surface area (Å²) in [5.41, 5.74) is 17.0. The molecule has 3 aromatic rings. The number of amides is 7. The molecule has 0 spiro atoms. The van der Waals surface area contributed by atoms with Crippen molar-refractivity contribution in [1.82, 2.24) is 48.1 Å². The van der Waals surface area contributed by atoms with E-state index < -0.39 is 48.1 Å². The van der Waals surface area contributed by atoms with E-state index >= 15 is 0 Å². The number of ether oxygens (including phenoxy) is 1. The maximum absolute atomic E-state index is 12.2. The number of carboxylic acids is 2. The van der Waals surface area contributed by atoms with Crippen molar-refractivity contribution in [3.05, 3.63) is 102 Å². The summed E-state index contributed by atoms with van der Waals surface area (Å²) in [6, 6.07) is 20.2. The lowest BCUT2D eigenvalue weighted by Crippen LogP contribution is -2.50. The minimum Gasteiger partial charge on any atom is -0.481 e. The second kappa shape index (κ2) is 26.8. The maximum atomic E-state index is 12.2. The second-order valence-electron chi connectivity index (χ2n) is 13.0. The predicted octanol–water partition coefficient (Wildman–Crippen LogP) is -0.138. The van der Waals surface area contributed by atoms with Crippen molar-refractivity contribution in [2.75, 3.05) is 39.3 Å². The lowest BCUT2D eigenvalue weighted by molar-refractivity contribution is -0.139. The molecule has 0 bridgehead atoms. The average Bonchev–Trinajstić information content (AvgIpc) is 3.78. The van der Waals surface area contributed by atoms with Gasteiger partial charge in [-0.15, -0.1) is 0 Å². The third-order valence-electron chi connectivity index (χ3n) is 8.09. The molecule has 0 aromatic heterocycles. The third-order valence-corrected chi connectivity index (χ3v) is 8.09. The van der Waals surface area contributed by atoms with Crippen molar-refractivity contribution in [2.24, 2.45) is 21.5 Å². The monoisotopic (exact) mass is 861 g/mol. The number of carbonyl (C=O) groups excluding carboxylic acids is 5. The Hall–Kier alpha value is -8.11. The van der Waals surface area contributed by atoms with Gasteiger partial charge in [-0.1, -0.05) is 66.7 Å². The van der Waals surface area contributed by atoms with Crippen LogP contribution < -0.4 is 59.5 Å². The Bertz CT molecular complexity index is 2020. The van der Waals surface area contributed by atoms with E-state index in [1.54, 1.807) is 66.7 Å². The molecule has 23 heteroatoms. The highest BCUT2D eigenvalue weighted by Gasteiger charge is 2.22. The molecular formula is C39H51N13O10. The summed E-state index contributed by atoms with van der Waals surface area (Å²) >= 11 is 0. The van der Waals surface area contributed by atoms with Gasteiger partial charge in [0.1, 0.15) is 12.6 Å². The number of aliphatic carboxylic acids is 2. The summed E-state index contributed by atoms with van der Waals surface area (Å²) in [7, 11) is 0. The van der Waals surface area contributed by atoms with Crippen LogP contribution in [0, 0.1) is 0 Å². The van der Waals surface area contributed by atoms with E-state index in [0.29, 0.717) is 30.6 Å². The number of nitrogens with zero attached hydrogens (tertiary/aromatic N) is 2. The molecule has 0 saturated heterocycles. The summed E-state index contributed by atoms with van der Waals surface area (Å²) in [6.45, 7) is 2.21. The van der Waals surface area contributed by atoms with Crippen molar-refractivity contribution in [3.8, 4) is 0 Å². The van der Waals surface area contributed by atoms with Crippen LogP contribution in [0.4, 0.5) is 20.1 Å². The standard InChI is InChI=1S/C21H31N7O6.C18H20N6O4/c29-17(7-4-8-23-19-24-10-11-25-19)22-9-12-26-20(32)27-13-16(18(30)31)28-21(33)34-14-15-5-2-1-3-6-15;19-17(20)21-13-8-4-7-12(9-13)16(27)23-24-18(28)22-14(10-15(25)26)11-5-2-1-3-6-11/h1-3,5-6,16H,4,7-14H2,(H,22,29)(H,28,33)(H,30,31)(H2,23,24,25)(H2,26,27,32);1-9,14H,10H2,(H,23,27)(H,25,26)(H4,19,20,21)(H2,22,24,28)/t16-;/m0./s1. The van der Waals surface area contributed by atoms with Crippen LogP contribution in [0.5, 0.6) is 0 Å². The number of hydrazine groups is 1. The van der Waals surface area contributed by atoms with Crippen LogP contribution >= 0.6 is 0 Å². The number of carbonyl (C=O) groups is 7. The fraction of sp³-hybridized carbons (Fsp3) is 0.308. The Morgan fingerprint density at radius 1 is 0.806 bits per heavy atom. The molecule has 7 amide bonds. The van der Waals surface area contributed by atoms with Gasteiger partial charge in [0.15, 0.2) is 11.9 Å². The van der Waals surface area contributed by atoms with E-state index in [1.807, 2.05) is 6.07 Å². The molecule has 1 aliphatic rings. The van der Waals surface area contributed by atoms with Crippen LogP contribution in [0.3, 0.4) is 0 Å². The van der Waals surface area contributed by atoms with Crippen LogP contribution in [0.25, 0.3) is 0 Å². The number of hydrogen-bond donors (Lipinski definition) is 13. The van der Waals surface area contributed by atoms with Gasteiger partial charge in [0.2, 0.25) is 5.91 Å². The highest BCUT2D eigenvalue weighted by Crippen LogP contribution is 2.16. The summed E-state index contributed by atoms with van der Waals surface area (Å²) in [5.74, 6) is -2.54. The maximum Gasteiger partial charge on any atom is 0.408 e. The van der Waals surface area contributed by atoms with Crippen LogP contribution in [-0.4, -0.2) is 109 Å². The number of aliphatic imine (C=N–C) groups is 2. The SMILES string of the molecule is NC(N)=Nc1cccc(C(=O)NNC(=O)NC(CC(=O)O)c2ccccc2)c1.O=C(CCCNC1=NCCN1)NCCNC(=O)NC[C@H](NC(=O)OCc1ccccc1)C(=O)O. The van der Waals surface area contributed by atoms with Crippen molar-refractivity contribution >= 4 is 59.5 Å². The lowest BCUT2D eigenvalue weighted by atomic mass is 10.0. The normalized spacial score (nSPS) is 12.1. The van der Waals surface area contributed by atoms with Crippen molar-refractivity contribution in [2.45, 2.75) is 38.0 Å². The molecule has 62 heavy (non-hydrogen) atoms. The molecule has 0 saturated carbocycles. The van der Waals surface area contributed by atoms with Gasteiger partial charge in [-0.25, -0.2) is 29.6 Å². The number of nitrogens with one attached hydrogen (secondary N) is 9. The smallest absolute Gasteiger partial charge is 0.408 e. The van der Waals surface area contributed by atoms with Crippen molar-refractivity contribution < 1.29 is 48.5 Å². The first-order valence-corrected chi connectivity index (χ1v) is 19.1. The predicted molar refractivity (Wildman–Crippen MR) is 226 cm³/mol. The van der Waals surface area contributed by atoms with Crippen LogP contribution in [0.1, 0.15) is 46.8 Å². The molecule has 1 heterocycles. The number of alkyl carbamates (subject to hydrolysis) is 1. The molecule has 0 aliphatic carbocycles. The summed E-state index contributed by atoms with van der Waals surface area (Å²) in [4.78, 5) is 90.1. The zero-order chi connectivity index (χ0) is 45.1. The zero-order valence-corrected chi connectivity index (χ0v) is 33.5. The van der Waals surface area contributed by atoms with E-state index in [2.05, 4.69) is 58.1 Å². The molecule has 23 nitrogen and oxygen atoms in total. The highest BCUT2D eigenvalue weighted by molar-refractivity contribution is 5.96. The van der Waals surface area contributed by atoms with Crippen molar-refractivity contribution in [1.29, 1.82) is 0 Å². The van der Waals surface area contributed by atoms with E-state index in [-0.39, 0.29) is 50.1 Å². The Balaban J connectivity index is 0.000000336. The van der Waals surface area contributed by atoms with Gasteiger partial charge in [-0.05, 0) is 35.7 Å². The topological polar surface area (TPSA) is 354 Å². The van der Waals surface area contributed by atoms with Gasteiger partial charge in [-0.3, -0.25) is 24.8 Å². The average molecular weight is 862 g/mol. The van der Waals surface area contributed by atoms with Gasteiger partial charge in [0.05, 0.1) is 31.2 Å². The fourth-order valence-electron chi connectivity index (χ4n) is 5.16. The minimum atomic E-state index is -1.37. The molecule has 0 radical (unpaired) electrons. The number of carboxylic acid groups (broad SMARTS) is 2. The number of guanidine groups is 2. The molecule has 4 rings (SSSR count). The molecule has 0 fully saturated rings. The molecule has 1 unspecified atom stereocenters. The Morgan fingerprint density at radius 2 is 1.52 bits per heavy atom. The summed E-state index contributed by atoms with van der Waals surface area (Å²) in [5, 5.41) is 36.7. The summed E-state index contributed by atoms with van der Waals surface area (Å²) in [6.07, 6.45) is -0.258. The van der Waals surface area contributed by atoms with E-state index in [9.17, 15) is 38.7 Å². The first kappa shape index (κ1) is 48.3. The van der Waals surface area contributed by atoms with Crippen LogP contribution in [0.15, 0.2) is 94.9 Å². The van der Waals surface area contributed by atoms with Gasteiger partial charge in [0.25, 0.3) is 5.91 Å². The molecular weight excluding hydrogens is 811 g/mol. The molecule has 3 aromatic carbocycles. The van der Waals surface area contributed by atoms with Crippen LogP contribution in [-0.2, 0) is 25.7 Å². The van der Waals surface area contributed by atoms with E-state index in [0.717, 1.165) is 24.6 Å². The number of benzene rings is 3. The first-order valence-electron chi connectivity index (χ1n) is 19.1. The quantitative estimate of drug-likeness (QED) is 0.0323. The molecule has 332 valence electrons. The lowest BCUT2D eigenvalue weighted by Gasteiger charge is -2.18. The van der Waals surface area contributed by atoms with E-state index in [4.69, 9.17) is 21.3 Å². The number of rotatable bonds is 19. The third kappa shape index (κ3) is 20.0. The first-order chi connectivity index (χ1) is 29.8. The second-order valence-corrected chi connectivity index (χ2v) is 13.0. The minimum absolute atomic E-state index is 0.0122. The Labute approximate surface area is 355 Å². The number of urea groups is 2. The summed E-state index contributed by atoms with van der Waals surface area (Å²) < 4.78 is 4.98. The number of nitrogens with two attached hydrogens (primary N) is 2. The fourth-order valence-corrected chi connectivity index (χ4v) is 5.16. The van der Waals surface area contributed by atoms with Gasteiger partial charge in [0, 0.05) is 38.2 Å². The Morgan fingerprint density at radius 3 is 2.18 bits per heavy atom. The van der Waals surface area contributed by atoms with Crippen molar-refractivity contribution in [3.63, 3.8) is 0 Å². The largest absolute Gasteiger partial charge is 0.481 e. The Kier molecular flexibility index (Phi) is 20.9. The van der Waals surface area contributed by atoms with Crippen LogP contribution in [0.2, 0.25) is 0 Å². The van der Waals surface area contributed by atoms with E-state index in [1.165, 1.54) is 12.1 Å². The zero-order valence-electron chi connectivity index (χ0n) is 33.5. The van der Waals surface area contributed by atoms with Gasteiger partial charge >= 0.3 is 30.1 Å². The molecule has 15 N–H and O–H groups in total. The van der Waals surface area contributed by atoms with Gasteiger partial charge in [-0.2, -0.15) is 0 Å². The molecule has 1 aliphatic heterocycles.